The van der Waals surface area contributed by atoms with Crippen LogP contribution in [0.5, 0.6) is 0 Å². The Bertz CT molecular complexity index is 211. The van der Waals surface area contributed by atoms with E-state index in [2.05, 4.69) is 0 Å². The van der Waals surface area contributed by atoms with E-state index < -0.39 is 0 Å². The van der Waals surface area contributed by atoms with Crippen LogP contribution in [0.4, 0.5) is 0 Å². The van der Waals surface area contributed by atoms with Crippen LogP contribution in [0.15, 0.2) is 0 Å². The maximum absolute atomic E-state index is 10.1. The summed E-state index contributed by atoms with van der Waals surface area (Å²) < 4.78 is 5.40. The third-order valence-corrected chi connectivity index (χ3v) is 4.90. The highest BCUT2D eigenvalue weighted by Crippen LogP contribution is 2.28. The molecule has 106 valence electrons. The molecule has 0 radical (unpaired) electrons. The highest BCUT2D eigenvalue weighted by atomic mass is 16.5. The van der Waals surface area contributed by atoms with Gasteiger partial charge in [-0.15, -0.1) is 0 Å². The first kappa shape index (κ1) is 14.3. The standard InChI is InChI=1S/C16H30O2/c17-16-9-3-1-2-7-15(16)8-5-4-6-14-10-12-18-13-11-14/h14-17H,1-13H2. The molecule has 2 aliphatic rings. The van der Waals surface area contributed by atoms with Crippen molar-refractivity contribution < 1.29 is 9.84 Å². The van der Waals surface area contributed by atoms with Crippen molar-refractivity contribution in [1.29, 1.82) is 0 Å². The predicted molar refractivity (Wildman–Crippen MR) is 74.6 cm³/mol. The molecule has 2 nitrogen and oxygen atoms in total. The van der Waals surface area contributed by atoms with Gasteiger partial charge in [-0.05, 0) is 43.9 Å². The average Bonchev–Trinajstić information content (AvgIpc) is 2.61. The van der Waals surface area contributed by atoms with E-state index in [0.717, 1.165) is 25.6 Å². The number of aliphatic hydroxyl groups is 1. The lowest BCUT2D eigenvalue weighted by molar-refractivity contribution is 0.0622. The normalized spacial score (nSPS) is 31.2. The fourth-order valence-corrected chi connectivity index (χ4v) is 3.58. The van der Waals surface area contributed by atoms with Crippen LogP contribution >= 0.6 is 0 Å². The summed E-state index contributed by atoms with van der Waals surface area (Å²) in [4.78, 5) is 0. The summed E-state index contributed by atoms with van der Waals surface area (Å²) >= 11 is 0. The molecule has 2 unspecified atom stereocenters. The van der Waals surface area contributed by atoms with Crippen molar-refractivity contribution >= 4 is 0 Å². The molecule has 1 saturated carbocycles. The second-order valence-corrected chi connectivity index (χ2v) is 6.31. The van der Waals surface area contributed by atoms with Gasteiger partial charge in [-0.2, -0.15) is 0 Å². The lowest BCUT2D eigenvalue weighted by Crippen LogP contribution is -2.19. The summed E-state index contributed by atoms with van der Waals surface area (Å²) in [6, 6.07) is 0. The molecule has 1 N–H and O–H groups in total. The van der Waals surface area contributed by atoms with Gasteiger partial charge in [0.25, 0.3) is 0 Å². The summed E-state index contributed by atoms with van der Waals surface area (Å²) in [7, 11) is 0. The highest BCUT2D eigenvalue weighted by Gasteiger charge is 2.21. The van der Waals surface area contributed by atoms with Gasteiger partial charge in [-0.25, -0.2) is 0 Å². The van der Waals surface area contributed by atoms with Crippen molar-refractivity contribution in [2.45, 2.75) is 76.7 Å². The molecule has 0 amide bonds. The van der Waals surface area contributed by atoms with Gasteiger partial charge in [0.1, 0.15) is 0 Å². The molecule has 1 aliphatic carbocycles. The van der Waals surface area contributed by atoms with Gasteiger partial charge in [-0.3, -0.25) is 0 Å². The van der Waals surface area contributed by atoms with E-state index in [4.69, 9.17) is 4.74 Å². The number of ether oxygens (including phenoxy) is 1. The molecule has 0 aromatic carbocycles. The molecular weight excluding hydrogens is 224 g/mol. The fraction of sp³-hybridized carbons (Fsp3) is 1.00. The average molecular weight is 254 g/mol. The molecule has 0 bridgehead atoms. The first-order chi connectivity index (χ1) is 8.86. The van der Waals surface area contributed by atoms with E-state index in [1.165, 1.54) is 64.2 Å². The van der Waals surface area contributed by atoms with Crippen LogP contribution in [0.25, 0.3) is 0 Å². The Morgan fingerprint density at radius 3 is 2.39 bits per heavy atom. The molecule has 2 fully saturated rings. The molecule has 2 atom stereocenters. The Balaban J connectivity index is 1.56. The van der Waals surface area contributed by atoms with Crippen molar-refractivity contribution in [2.24, 2.45) is 11.8 Å². The van der Waals surface area contributed by atoms with Crippen molar-refractivity contribution in [1.82, 2.24) is 0 Å². The molecule has 18 heavy (non-hydrogen) atoms. The monoisotopic (exact) mass is 254 g/mol. The first-order valence-electron chi connectivity index (χ1n) is 8.12. The van der Waals surface area contributed by atoms with Crippen molar-refractivity contribution in [3.05, 3.63) is 0 Å². The van der Waals surface area contributed by atoms with Gasteiger partial charge < -0.3 is 9.84 Å². The smallest absolute Gasteiger partial charge is 0.0568 e. The van der Waals surface area contributed by atoms with Crippen LogP contribution < -0.4 is 0 Å². The minimum atomic E-state index is -0.00409. The third kappa shape index (κ3) is 4.89. The molecular formula is C16H30O2. The van der Waals surface area contributed by atoms with E-state index in [1.807, 2.05) is 0 Å². The lowest BCUT2D eigenvalue weighted by atomic mass is 9.89. The molecule has 0 aromatic heterocycles. The topological polar surface area (TPSA) is 29.5 Å². The molecule has 1 aliphatic heterocycles. The third-order valence-electron chi connectivity index (χ3n) is 4.90. The summed E-state index contributed by atoms with van der Waals surface area (Å²) in [6.45, 7) is 1.96. The Labute approximate surface area is 112 Å². The zero-order valence-electron chi connectivity index (χ0n) is 11.8. The number of unbranched alkanes of at least 4 members (excludes halogenated alkanes) is 1. The van der Waals surface area contributed by atoms with Gasteiger partial charge in [0.05, 0.1) is 6.10 Å². The van der Waals surface area contributed by atoms with Gasteiger partial charge in [0.2, 0.25) is 0 Å². The molecule has 0 aromatic rings. The maximum Gasteiger partial charge on any atom is 0.0568 e. The highest BCUT2D eigenvalue weighted by molar-refractivity contribution is 4.73. The van der Waals surface area contributed by atoms with E-state index in [0.29, 0.717) is 5.92 Å². The second-order valence-electron chi connectivity index (χ2n) is 6.31. The Kier molecular flexibility index (Phi) is 6.50. The number of hydrogen-bond donors (Lipinski definition) is 1. The van der Waals surface area contributed by atoms with Gasteiger partial charge >= 0.3 is 0 Å². The molecule has 2 heteroatoms. The van der Waals surface area contributed by atoms with Crippen LogP contribution in [0.3, 0.4) is 0 Å². The van der Waals surface area contributed by atoms with Crippen LogP contribution in [-0.4, -0.2) is 24.4 Å². The Morgan fingerprint density at radius 1 is 0.833 bits per heavy atom. The van der Waals surface area contributed by atoms with Crippen molar-refractivity contribution in [2.75, 3.05) is 13.2 Å². The zero-order chi connectivity index (χ0) is 12.6. The van der Waals surface area contributed by atoms with Crippen LogP contribution in [0, 0.1) is 11.8 Å². The van der Waals surface area contributed by atoms with E-state index in [1.54, 1.807) is 0 Å². The second kappa shape index (κ2) is 8.16. The summed E-state index contributed by atoms with van der Waals surface area (Å²) in [5.74, 6) is 1.51. The number of hydrogen-bond acceptors (Lipinski definition) is 2. The summed E-state index contributed by atoms with van der Waals surface area (Å²) in [6.07, 6.45) is 14.1. The Hall–Kier alpha value is -0.0800. The first-order valence-corrected chi connectivity index (χ1v) is 8.12. The molecule has 1 saturated heterocycles. The number of aliphatic hydroxyl groups excluding tert-OH is 1. The summed E-state index contributed by atoms with van der Waals surface area (Å²) in [5, 5.41) is 10.1. The SMILES string of the molecule is OC1CCCCCC1CCCCC1CCOCC1. The molecule has 1 heterocycles. The molecule has 0 spiro atoms. The van der Waals surface area contributed by atoms with Crippen LogP contribution in [0.2, 0.25) is 0 Å². The predicted octanol–water partition coefficient (Wildman–Crippen LogP) is 3.91. The fourth-order valence-electron chi connectivity index (χ4n) is 3.58. The Morgan fingerprint density at radius 2 is 1.56 bits per heavy atom. The zero-order valence-corrected chi connectivity index (χ0v) is 11.8. The van der Waals surface area contributed by atoms with E-state index in [-0.39, 0.29) is 6.10 Å². The van der Waals surface area contributed by atoms with Crippen molar-refractivity contribution in [3.8, 4) is 0 Å². The number of rotatable bonds is 5. The maximum atomic E-state index is 10.1. The minimum Gasteiger partial charge on any atom is -0.393 e. The van der Waals surface area contributed by atoms with Crippen molar-refractivity contribution in [3.63, 3.8) is 0 Å². The van der Waals surface area contributed by atoms with Gasteiger partial charge in [0, 0.05) is 13.2 Å². The van der Waals surface area contributed by atoms with Crippen LogP contribution in [-0.2, 0) is 4.74 Å². The van der Waals surface area contributed by atoms with Crippen LogP contribution in [0.1, 0.15) is 70.6 Å². The summed E-state index contributed by atoms with van der Waals surface area (Å²) in [5.41, 5.74) is 0. The molecule has 2 rings (SSSR count). The van der Waals surface area contributed by atoms with E-state index >= 15 is 0 Å². The van der Waals surface area contributed by atoms with Gasteiger partial charge in [0.15, 0.2) is 0 Å². The van der Waals surface area contributed by atoms with Gasteiger partial charge in [-0.1, -0.05) is 38.5 Å². The minimum absolute atomic E-state index is 0.00409. The lowest BCUT2D eigenvalue weighted by Gasteiger charge is -2.23. The quantitative estimate of drug-likeness (QED) is 0.595. The van der Waals surface area contributed by atoms with E-state index in [9.17, 15) is 5.11 Å². The largest absolute Gasteiger partial charge is 0.393 e.